The van der Waals surface area contributed by atoms with Gasteiger partial charge in [-0.25, -0.2) is 4.79 Å². The molecule has 202 valence electrons. The molecule has 1 amide bonds. The van der Waals surface area contributed by atoms with E-state index in [-0.39, 0.29) is 23.1 Å². The molecule has 1 atom stereocenters. The molecule has 0 radical (unpaired) electrons. The van der Waals surface area contributed by atoms with Gasteiger partial charge in [0.05, 0.1) is 48.6 Å². The second kappa shape index (κ2) is 11.3. The first kappa shape index (κ1) is 26.4. The first-order valence-electron chi connectivity index (χ1n) is 12.3. The average Bonchev–Trinajstić information content (AvgIpc) is 3.37. The normalized spacial score (nSPS) is 16.7. The molecule has 0 spiro atoms. The maximum absolute atomic E-state index is 12.8. The Labute approximate surface area is 233 Å². The molecule has 2 aromatic carbocycles. The monoisotopic (exact) mass is 595 g/mol. The summed E-state index contributed by atoms with van der Waals surface area (Å²) in [7, 11) is 1.60. The Morgan fingerprint density at radius 3 is 2.69 bits per heavy atom. The first-order valence-corrected chi connectivity index (χ1v) is 13.0. The van der Waals surface area contributed by atoms with Crippen molar-refractivity contribution < 1.29 is 28.5 Å². The average molecular weight is 596 g/mol. The second-order valence-electron chi connectivity index (χ2n) is 8.70. The number of fused-ring (bicyclic) bond motifs is 1. The van der Waals surface area contributed by atoms with Crippen molar-refractivity contribution in [3.63, 3.8) is 0 Å². The van der Waals surface area contributed by atoms with E-state index in [1.807, 2.05) is 31.2 Å². The molecule has 39 heavy (non-hydrogen) atoms. The highest BCUT2D eigenvalue weighted by Gasteiger charge is 2.37. The third-order valence-corrected chi connectivity index (χ3v) is 7.03. The van der Waals surface area contributed by atoms with Crippen LogP contribution in [0, 0.1) is 11.3 Å². The Morgan fingerprint density at radius 1 is 1.28 bits per heavy atom. The summed E-state index contributed by atoms with van der Waals surface area (Å²) in [6.45, 7) is 3.93. The van der Waals surface area contributed by atoms with Crippen LogP contribution in [0.25, 0.3) is 11.3 Å². The number of benzene rings is 2. The number of carbonyl (C=O) groups excluding carboxylic acids is 1. The number of aromatic amines is 1. The van der Waals surface area contributed by atoms with Crippen LogP contribution in [0.3, 0.4) is 0 Å². The number of carbonyl (C=O) groups is 1. The largest absolute Gasteiger partial charge is 0.497 e. The lowest BCUT2D eigenvalue weighted by atomic mass is 9.83. The van der Waals surface area contributed by atoms with Gasteiger partial charge in [-0.3, -0.25) is 5.10 Å². The molecule has 0 unspecified atom stereocenters. The Balaban J connectivity index is 1.59. The van der Waals surface area contributed by atoms with E-state index in [1.54, 1.807) is 24.1 Å². The number of halogens is 1. The van der Waals surface area contributed by atoms with Crippen molar-refractivity contribution in [1.82, 2.24) is 15.1 Å². The number of allylic oxidation sites excluding steroid dienone is 1. The smallest absolute Gasteiger partial charge is 0.415 e. The number of aromatic nitrogens is 2. The Kier molecular flexibility index (Phi) is 7.63. The molecule has 11 nitrogen and oxygen atoms in total. The van der Waals surface area contributed by atoms with Gasteiger partial charge in [0.1, 0.15) is 17.4 Å². The zero-order chi connectivity index (χ0) is 27.5. The van der Waals surface area contributed by atoms with Crippen LogP contribution >= 0.6 is 15.9 Å². The standard InChI is InChI=1S/C27H26BrN5O6/c1-3-37-20-13-16(12-19(28)24(20)38-27(34)33-8-10-36-11-9-33)21-18(14-29)25(30)39-26-22(21)23(31-32-26)15-4-6-17(35-2)7-5-15/h4-7,12-13,21H,3,8-11,30H2,1-2H3,(H,31,32)/t21-/m1/s1. The minimum absolute atomic E-state index is 0.0420. The van der Waals surface area contributed by atoms with Gasteiger partial charge in [-0.05, 0) is 64.8 Å². The van der Waals surface area contributed by atoms with Gasteiger partial charge >= 0.3 is 6.09 Å². The summed E-state index contributed by atoms with van der Waals surface area (Å²) >= 11 is 3.55. The van der Waals surface area contributed by atoms with E-state index in [9.17, 15) is 10.1 Å². The fraction of sp³-hybridized carbons (Fsp3) is 0.296. The molecule has 3 N–H and O–H groups in total. The van der Waals surface area contributed by atoms with Crippen LogP contribution in [0.5, 0.6) is 23.1 Å². The second-order valence-corrected chi connectivity index (χ2v) is 9.56. The maximum Gasteiger partial charge on any atom is 0.415 e. The summed E-state index contributed by atoms with van der Waals surface area (Å²) < 4.78 is 28.5. The van der Waals surface area contributed by atoms with Crippen LogP contribution in [-0.2, 0) is 4.74 Å². The fourth-order valence-electron chi connectivity index (χ4n) is 4.57. The Bertz CT molecular complexity index is 1460. The summed E-state index contributed by atoms with van der Waals surface area (Å²) in [5.74, 6) is 0.853. The number of hydrogen-bond donors (Lipinski definition) is 2. The Morgan fingerprint density at radius 2 is 2.03 bits per heavy atom. The summed E-state index contributed by atoms with van der Waals surface area (Å²) in [6, 6.07) is 13.1. The van der Waals surface area contributed by atoms with Crippen LogP contribution < -0.4 is 24.7 Å². The van der Waals surface area contributed by atoms with E-state index in [0.29, 0.717) is 65.7 Å². The molecule has 2 aliphatic rings. The van der Waals surface area contributed by atoms with Crippen molar-refractivity contribution in [2.24, 2.45) is 5.73 Å². The molecule has 1 saturated heterocycles. The van der Waals surface area contributed by atoms with Gasteiger partial charge in [0, 0.05) is 18.7 Å². The zero-order valence-corrected chi connectivity index (χ0v) is 22.9. The number of nitrogens with zero attached hydrogens (tertiary/aromatic N) is 3. The summed E-state index contributed by atoms with van der Waals surface area (Å²) in [4.78, 5) is 14.4. The van der Waals surface area contributed by atoms with Crippen molar-refractivity contribution >= 4 is 22.0 Å². The predicted octanol–water partition coefficient (Wildman–Crippen LogP) is 4.30. The third kappa shape index (κ3) is 5.10. The number of morpholine rings is 1. The molecular weight excluding hydrogens is 570 g/mol. The number of nitrogens with two attached hydrogens (primary N) is 1. The molecule has 0 bridgehead atoms. The van der Waals surface area contributed by atoms with Crippen LogP contribution in [0.15, 0.2) is 52.3 Å². The lowest BCUT2D eigenvalue weighted by Gasteiger charge is -2.27. The molecule has 0 saturated carbocycles. The van der Waals surface area contributed by atoms with E-state index >= 15 is 0 Å². The lowest BCUT2D eigenvalue weighted by Crippen LogP contribution is -2.42. The maximum atomic E-state index is 12.8. The molecular formula is C27H26BrN5O6. The quantitative estimate of drug-likeness (QED) is 0.426. The number of nitrogens with one attached hydrogen (secondary N) is 1. The van der Waals surface area contributed by atoms with E-state index in [0.717, 1.165) is 5.56 Å². The highest BCUT2D eigenvalue weighted by molar-refractivity contribution is 9.10. The number of rotatable bonds is 6. The van der Waals surface area contributed by atoms with Gasteiger partial charge in [-0.1, -0.05) is 0 Å². The molecule has 0 aliphatic carbocycles. The van der Waals surface area contributed by atoms with Crippen molar-refractivity contribution in [3.8, 4) is 40.5 Å². The van der Waals surface area contributed by atoms with Crippen molar-refractivity contribution in [1.29, 1.82) is 5.26 Å². The number of hydrogen-bond acceptors (Lipinski definition) is 9. The number of ether oxygens (including phenoxy) is 5. The Hall–Kier alpha value is -4.21. The zero-order valence-electron chi connectivity index (χ0n) is 21.3. The van der Waals surface area contributed by atoms with E-state index in [4.69, 9.17) is 29.4 Å². The van der Waals surface area contributed by atoms with Crippen LogP contribution in [0.2, 0.25) is 0 Å². The highest BCUT2D eigenvalue weighted by atomic mass is 79.9. The number of H-pyrrole nitrogens is 1. The molecule has 1 aromatic heterocycles. The lowest BCUT2D eigenvalue weighted by molar-refractivity contribution is 0.0412. The third-order valence-electron chi connectivity index (χ3n) is 6.44. The molecule has 5 rings (SSSR count). The molecule has 2 aliphatic heterocycles. The van der Waals surface area contributed by atoms with Gasteiger partial charge in [0.25, 0.3) is 0 Å². The van der Waals surface area contributed by atoms with Gasteiger partial charge in [0.15, 0.2) is 11.5 Å². The van der Waals surface area contributed by atoms with Crippen LogP contribution in [-0.4, -0.2) is 61.2 Å². The molecule has 1 fully saturated rings. The van der Waals surface area contributed by atoms with Crippen molar-refractivity contribution in [2.45, 2.75) is 12.8 Å². The highest BCUT2D eigenvalue weighted by Crippen LogP contribution is 2.48. The number of nitriles is 1. The molecule has 3 heterocycles. The summed E-state index contributed by atoms with van der Waals surface area (Å²) in [6.07, 6.45) is -0.500. The van der Waals surface area contributed by atoms with Crippen LogP contribution in [0.4, 0.5) is 4.79 Å². The van der Waals surface area contributed by atoms with Crippen LogP contribution in [0.1, 0.15) is 24.0 Å². The van der Waals surface area contributed by atoms with Gasteiger partial charge in [-0.15, -0.1) is 5.10 Å². The van der Waals surface area contributed by atoms with Crippen molar-refractivity contribution in [2.75, 3.05) is 40.0 Å². The summed E-state index contributed by atoms with van der Waals surface area (Å²) in [5.41, 5.74) is 9.16. The first-order chi connectivity index (χ1) is 18.9. The van der Waals surface area contributed by atoms with E-state index in [1.165, 1.54) is 0 Å². The SMILES string of the molecule is CCOc1cc([C@@H]2C(C#N)=C(N)Oc3n[nH]c(-c4ccc(OC)cc4)c32)cc(Br)c1OC(=O)N1CCOCC1. The molecule has 3 aromatic rings. The fourth-order valence-corrected chi connectivity index (χ4v) is 5.11. The van der Waals surface area contributed by atoms with E-state index in [2.05, 4.69) is 32.2 Å². The topological polar surface area (TPSA) is 145 Å². The number of amides is 1. The van der Waals surface area contributed by atoms with Crippen molar-refractivity contribution in [3.05, 3.63) is 63.5 Å². The minimum Gasteiger partial charge on any atom is -0.497 e. The van der Waals surface area contributed by atoms with Gasteiger partial charge in [-0.2, -0.15) is 5.26 Å². The summed E-state index contributed by atoms with van der Waals surface area (Å²) in [5, 5.41) is 17.5. The minimum atomic E-state index is -0.644. The van der Waals surface area contributed by atoms with Gasteiger partial charge in [0.2, 0.25) is 11.8 Å². The predicted molar refractivity (Wildman–Crippen MR) is 144 cm³/mol. The molecule has 12 heteroatoms. The van der Waals surface area contributed by atoms with E-state index < -0.39 is 12.0 Å². The van der Waals surface area contributed by atoms with Gasteiger partial charge < -0.3 is 34.3 Å². The number of methoxy groups -OCH3 is 1.